The Morgan fingerprint density at radius 3 is 1.36 bits per heavy atom. The summed E-state index contributed by atoms with van der Waals surface area (Å²) < 4.78 is 23.9. The lowest BCUT2D eigenvalue weighted by Crippen LogP contribution is -2.29. The van der Waals surface area contributed by atoms with Crippen LogP contribution in [-0.2, 0) is 13.6 Å². The van der Waals surface area contributed by atoms with Crippen molar-refractivity contribution in [3.8, 4) is 0 Å². The summed E-state index contributed by atoms with van der Waals surface area (Å²) in [6.45, 7) is 8.03. The van der Waals surface area contributed by atoms with Crippen molar-refractivity contribution < 1.29 is 23.8 Å². The lowest BCUT2D eigenvalue weighted by molar-refractivity contribution is 0.0878. The molecule has 0 aromatic rings. The van der Waals surface area contributed by atoms with Crippen molar-refractivity contribution in [1.82, 2.24) is 0 Å². The van der Waals surface area contributed by atoms with Gasteiger partial charge in [-0.25, -0.2) is 0 Å². The van der Waals surface area contributed by atoms with Crippen molar-refractivity contribution in [2.24, 2.45) is 0 Å². The highest BCUT2D eigenvalue weighted by atomic mass is 32.2. The zero-order chi connectivity index (χ0) is 17.1. The number of thioether (sulfide) groups is 2. The van der Waals surface area contributed by atoms with Gasteiger partial charge in [-0.05, 0) is 25.7 Å². The molecule has 0 aliphatic carbocycles. The number of rotatable bonds is 14. The topological polar surface area (TPSA) is 76.0 Å². The molecule has 5 nitrogen and oxygen atoms in total. The Morgan fingerprint density at radius 1 is 0.818 bits per heavy atom. The number of hydrogen-bond donors (Lipinski definition) is 2. The normalized spacial score (nSPS) is 12.6. The maximum Gasteiger partial charge on any atom is 0.700 e. The molecule has 0 aromatic heterocycles. The molecule has 0 unspecified atom stereocenters. The summed E-state index contributed by atoms with van der Waals surface area (Å²) in [6.07, 6.45) is 2.75. The van der Waals surface area contributed by atoms with E-state index in [4.69, 9.17) is 19.3 Å². The molecule has 0 heterocycles. The van der Waals surface area contributed by atoms with Gasteiger partial charge in [0.1, 0.15) is 0 Å². The van der Waals surface area contributed by atoms with E-state index in [1.54, 1.807) is 0 Å². The van der Waals surface area contributed by atoms with Crippen LogP contribution in [0.5, 0.6) is 0 Å². The summed E-state index contributed by atoms with van der Waals surface area (Å²) in [5.41, 5.74) is 0. The van der Waals surface area contributed by atoms with Crippen molar-refractivity contribution in [2.45, 2.75) is 63.2 Å². The maximum absolute atomic E-state index is 12.4. The average molecular weight is 373 g/mol. The van der Waals surface area contributed by atoms with Gasteiger partial charge in [0.05, 0.1) is 13.2 Å². The van der Waals surface area contributed by atoms with Crippen LogP contribution in [0, 0.1) is 0 Å². The number of hydrogen-bond acceptors (Lipinski definition) is 7. The third kappa shape index (κ3) is 7.47. The highest BCUT2D eigenvalue weighted by molar-refractivity contribution is 8.01. The quantitative estimate of drug-likeness (QED) is 0.350. The second-order valence-electron chi connectivity index (χ2n) is 4.79. The van der Waals surface area contributed by atoms with Crippen LogP contribution in [0.15, 0.2) is 0 Å². The number of aliphatic hydroxyl groups excluding tert-OH is 2. The fourth-order valence-electron chi connectivity index (χ4n) is 1.97. The number of aliphatic hydroxyl groups is 2. The fourth-order valence-corrected chi connectivity index (χ4v) is 5.60. The Bertz CT molecular complexity index is 282. The summed E-state index contributed by atoms with van der Waals surface area (Å²) in [6, 6.07) is 0. The first-order valence-electron chi connectivity index (χ1n) is 7.82. The Kier molecular flexibility index (Phi) is 12.4. The highest BCUT2D eigenvalue weighted by Crippen LogP contribution is 2.48. The Labute approximate surface area is 143 Å². The fraction of sp³-hybridized carbons (Fsp3) is 1.00. The molecule has 0 aliphatic rings. The molecule has 2 N–H and O–H groups in total. The van der Waals surface area contributed by atoms with Crippen LogP contribution in [-0.4, -0.2) is 44.8 Å². The van der Waals surface area contributed by atoms with Gasteiger partial charge in [0.2, 0.25) is 0 Å². The Morgan fingerprint density at radius 2 is 1.14 bits per heavy atom. The van der Waals surface area contributed by atoms with Crippen LogP contribution in [0.3, 0.4) is 0 Å². The molecule has 0 fully saturated rings. The third-order valence-corrected chi connectivity index (χ3v) is 7.94. The minimum atomic E-state index is -2.27. The van der Waals surface area contributed by atoms with E-state index in [2.05, 4.69) is 0 Å². The lowest BCUT2D eigenvalue weighted by Gasteiger charge is -2.27. The predicted molar refractivity (Wildman–Crippen MR) is 95.5 cm³/mol. The van der Waals surface area contributed by atoms with E-state index in [-0.39, 0.29) is 13.2 Å². The minimum absolute atomic E-state index is 0.0631. The van der Waals surface area contributed by atoms with E-state index in [1.165, 1.54) is 23.5 Å². The molecule has 0 saturated heterocycles. The Hall–Kier alpha value is 0.640. The molecule has 8 heteroatoms. The van der Waals surface area contributed by atoms with Gasteiger partial charge in [0.15, 0.2) is 9.87 Å². The van der Waals surface area contributed by atoms with E-state index in [1.807, 2.05) is 27.7 Å². The first-order valence-corrected chi connectivity index (χ1v) is 10.9. The minimum Gasteiger partial charge on any atom is -0.396 e. The van der Waals surface area contributed by atoms with Crippen molar-refractivity contribution in [1.29, 1.82) is 0 Å². The van der Waals surface area contributed by atoms with Gasteiger partial charge in [0, 0.05) is 16.1 Å². The SMILES string of the molecule is CCC(CC)(O[P+](=O)OC(CC)(CC)SCCO)SCCO. The molecule has 0 aromatic carbocycles. The highest BCUT2D eigenvalue weighted by Gasteiger charge is 2.45. The van der Waals surface area contributed by atoms with Crippen molar-refractivity contribution >= 4 is 31.8 Å². The molecule has 0 rings (SSSR count). The Balaban J connectivity index is 4.84. The second-order valence-corrected chi connectivity index (χ2v) is 8.48. The molecular weight excluding hydrogens is 343 g/mol. The van der Waals surface area contributed by atoms with Crippen LogP contribution in [0.1, 0.15) is 53.4 Å². The van der Waals surface area contributed by atoms with E-state index in [0.717, 1.165) is 0 Å². The molecule has 132 valence electrons. The first-order chi connectivity index (χ1) is 10.5. The van der Waals surface area contributed by atoms with E-state index in [9.17, 15) is 4.57 Å². The largest absolute Gasteiger partial charge is 0.700 e. The molecule has 22 heavy (non-hydrogen) atoms. The zero-order valence-corrected chi connectivity index (χ0v) is 16.6. The van der Waals surface area contributed by atoms with Gasteiger partial charge in [-0.2, -0.15) is 0 Å². The summed E-state index contributed by atoms with van der Waals surface area (Å²) in [5.74, 6) is 1.08. The van der Waals surface area contributed by atoms with Gasteiger partial charge in [-0.3, -0.25) is 0 Å². The molecule has 0 bridgehead atoms. The van der Waals surface area contributed by atoms with Gasteiger partial charge in [-0.15, -0.1) is 32.6 Å². The van der Waals surface area contributed by atoms with Crippen LogP contribution in [0.25, 0.3) is 0 Å². The molecule has 0 spiro atoms. The monoisotopic (exact) mass is 373 g/mol. The summed E-state index contributed by atoms with van der Waals surface area (Å²) in [7, 11) is -2.27. The summed E-state index contributed by atoms with van der Waals surface area (Å²) in [5, 5.41) is 18.0. The van der Waals surface area contributed by atoms with Gasteiger partial charge in [-0.1, -0.05) is 27.7 Å². The lowest BCUT2D eigenvalue weighted by atomic mass is 10.2. The molecule has 0 amide bonds. The van der Waals surface area contributed by atoms with Crippen LogP contribution < -0.4 is 0 Å². The van der Waals surface area contributed by atoms with E-state index < -0.39 is 18.1 Å². The average Bonchev–Trinajstić information content (AvgIpc) is 2.55. The molecule has 0 radical (unpaired) electrons. The van der Waals surface area contributed by atoms with Gasteiger partial charge in [0.25, 0.3) is 0 Å². The molecule has 0 aliphatic heterocycles. The van der Waals surface area contributed by atoms with Crippen molar-refractivity contribution in [3.05, 3.63) is 0 Å². The molecular formula is C14H30O5PS2+. The van der Waals surface area contributed by atoms with E-state index in [0.29, 0.717) is 37.2 Å². The summed E-state index contributed by atoms with van der Waals surface area (Å²) in [4.78, 5) is -1.18. The van der Waals surface area contributed by atoms with Crippen LogP contribution >= 0.6 is 31.8 Å². The van der Waals surface area contributed by atoms with Gasteiger partial charge < -0.3 is 10.2 Å². The van der Waals surface area contributed by atoms with E-state index >= 15 is 0 Å². The summed E-state index contributed by atoms with van der Waals surface area (Å²) >= 11 is 2.95. The smallest absolute Gasteiger partial charge is 0.396 e. The standard InChI is InChI=1S/C14H30O5PS2/c1-5-13(6-2,21-11-9-15)18-20(17)19-14(7-3,8-4)22-12-10-16/h15-16H,5-12H2,1-4H3/q+1. The zero-order valence-electron chi connectivity index (χ0n) is 14.0. The molecule has 0 saturated carbocycles. The van der Waals surface area contributed by atoms with Crippen LogP contribution in [0.2, 0.25) is 0 Å². The first kappa shape index (κ1) is 22.6. The predicted octanol–water partition coefficient (Wildman–Crippen LogP) is 4.16. The van der Waals surface area contributed by atoms with Crippen molar-refractivity contribution in [3.63, 3.8) is 0 Å². The van der Waals surface area contributed by atoms with Crippen LogP contribution in [0.4, 0.5) is 0 Å². The third-order valence-electron chi connectivity index (χ3n) is 3.55. The second kappa shape index (κ2) is 12.1. The maximum atomic E-state index is 12.4. The molecule has 0 atom stereocenters. The van der Waals surface area contributed by atoms with Crippen molar-refractivity contribution in [2.75, 3.05) is 24.7 Å². The van der Waals surface area contributed by atoms with Gasteiger partial charge >= 0.3 is 8.25 Å².